The van der Waals surface area contributed by atoms with Crippen LogP contribution in [0.5, 0.6) is 5.75 Å². The highest BCUT2D eigenvalue weighted by atomic mass is 35.5. The lowest BCUT2D eigenvalue weighted by molar-refractivity contribution is -0.141. The molecule has 1 saturated carbocycles. The molecule has 0 unspecified atom stereocenters. The van der Waals surface area contributed by atoms with Crippen molar-refractivity contribution >= 4 is 39.1 Å². The molecule has 1 fully saturated rings. The van der Waals surface area contributed by atoms with Gasteiger partial charge in [-0.15, -0.1) is 0 Å². The molecule has 2 amide bonds. The van der Waals surface area contributed by atoms with E-state index in [0.717, 1.165) is 43.1 Å². The van der Waals surface area contributed by atoms with E-state index in [1.807, 2.05) is 42.5 Å². The van der Waals surface area contributed by atoms with Gasteiger partial charge in [0.05, 0.1) is 19.1 Å². The Morgan fingerprint density at radius 2 is 1.66 bits per heavy atom. The second kappa shape index (κ2) is 16.0. The van der Waals surface area contributed by atoms with Gasteiger partial charge in [-0.25, -0.2) is 8.42 Å². The second-order valence-electron chi connectivity index (χ2n) is 11.3. The van der Waals surface area contributed by atoms with Crippen molar-refractivity contribution in [1.29, 1.82) is 0 Å². The molecule has 0 saturated heterocycles. The summed E-state index contributed by atoms with van der Waals surface area (Å²) in [5.74, 6) is 0.127. The van der Waals surface area contributed by atoms with Gasteiger partial charge in [0.2, 0.25) is 21.8 Å². The lowest BCUT2D eigenvalue weighted by atomic mass is 9.94. The van der Waals surface area contributed by atoms with Gasteiger partial charge in [0.25, 0.3) is 0 Å². The molecule has 236 valence electrons. The Balaban J connectivity index is 1.59. The largest absolute Gasteiger partial charge is 0.497 e. The Kier molecular flexibility index (Phi) is 12.1. The molecule has 44 heavy (non-hydrogen) atoms. The van der Waals surface area contributed by atoms with E-state index in [1.165, 1.54) is 17.8 Å². The highest BCUT2D eigenvalue weighted by Crippen LogP contribution is 2.25. The molecule has 1 N–H and O–H groups in total. The van der Waals surface area contributed by atoms with Crippen LogP contribution in [-0.4, -0.2) is 57.1 Å². The zero-order valence-corrected chi connectivity index (χ0v) is 27.0. The van der Waals surface area contributed by atoms with Crippen molar-refractivity contribution in [3.8, 4) is 5.75 Å². The third-order valence-electron chi connectivity index (χ3n) is 7.96. The van der Waals surface area contributed by atoms with Gasteiger partial charge >= 0.3 is 0 Å². The van der Waals surface area contributed by atoms with Crippen LogP contribution in [0.1, 0.15) is 56.1 Å². The number of nitrogens with one attached hydrogen (secondary N) is 1. The van der Waals surface area contributed by atoms with Crippen molar-refractivity contribution in [3.05, 3.63) is 95.0 Å². The van der Waals surface area contributed by atoms with Gasteiger partial charge in [0.15, 0.2) is 0 Å². The highest BCUT2D eigenvalue weighted by molar-refractivity contribution is 7.92. The molecule has 10 heteroatoms. The molecule has 1 atom stereocenters. The Hall–Kier alpha value is -3.56. The van der Waals surface area contributed by atoms with Crippen LogP contribution in [0.4, 0.5) is 5.69 Å². The zero-order valence-electron chi connectivity index (χ0n) is 25.5. The molecule has 0 spiro atoms. The van der Waals surface area contributed by atoms with Gasteiger partial charge in [-0.05, 0) is 54.7 Å². The third-order valence-corrected chi connectivity index (χ3v) is 9.39. The molecule has 3 aromatic rings. The van der Waals surface area contributed by atoms with E-state index in [2.05, 4.69) is 5.32 Å². The van der Waals surface area contributed by atoms with Gasteiger partial charge in [0.1, 0.15) is 11.8 Å². The molecule has 0 heterocycles. The molecular formula is C34H42ClN3O5S. The summed E-state index contributed by atoms with van der Waals surface area (Å²) < 4.78 is 32.0. The summed E-state index contributed by atoms with van der Waals surface area (Å²) in [6.07, 6.45) is 6.98. The molecule has 3 aromatic carbocycles. The zero-order chi connectivity index (χ0) is 31.5. The first-order valence-corrected chi connectivity index (χ1v) is 17.4. The number of carbonyl (C=O) groups excluding carboxylic acids is 2. The van der Waals surface area contributed by atoms with Gasteiger partial charge in [-0.1, -0.05) is 79.4 Å². The molecule has 0 aromatic heterocycles. The number of methoxy groups -OCH3 is 1. The predicted octanol–water partition coefficient (Wildman–Crippen LogP) is 5.98. The van der Waals surface area contributed by atoms with E-state index in [4.69, 9.17) is 16.3 Å². The van der Waals surface area contributed by atoms with Crippen LogP contribution in [0.3, 0.4) is 0 Å². The van der Waals surface area contributed by atoms with E-state index in [-0.39, 0.29) is 43.8 Å². The van der Waals surface area contributed by atoms with Gasteiger partial charge in [-0.3, -0.25) is 13.9 Å². The van der Waals surface area contributed by atoms with Crippen LogP contribution >= 0.6 is 11.6 Å². The van der Waals surface area contributed by atoms with Crippen molar-refractivity contribution < 1.29 is 22.7 Å². The Morgan fingerprint density at radius 1 is 0.955 bits per heavy atom. The van der Waals surface area contributed by atoms with Crippen molar-refractivity contribution in [1.82, 2.24) is 10.2 Å². The fraction of sp³-hybridized carbons (Fsp3) is 0.412. The molecule has 1 aliphatic carbocycles. The van der Waals surface area contributed by atoms with Crippen molar-refractivity contribution in [2.45, 2.75) is 70.0 Å². The van der Waals surface area contributed by atoms with Crippen LogP contribution in [0.2, 0.25) is 5.02 Å². The average molecular weight is 640 g/mol. The molecule has 0 radical (unpaired) electrons. The predicted molar refractivity (Wildman–Crippen MR) is 175 cm³/mol. The van der Waals surface area contributed by atoms with Crippen LogP contribution in [0.25, 0.3) is 0 Å². The fourth-order valence-electron chi connectivity index (χ4n) is 5.70. The maximum Gasteiger partial charge on any atom is 0.243 e. The Bertz CT molecular complexity index is 1500. The quantitative estimate of drug-likeness (QED) is 0.234. The summed E-state index contributed by atoms with van der Waals surface area (Å²) in [6.45, 7) is 0.293. The third kappa shape index (κ3) is 9.72. The monoisotopic (exact) mass is 639 g/mol. The highest BCUT2D eigenvalue weighted by Gasteiger charge is 2.32. The van der Waals surface area contributed by atoms with E-state index in [0.29, 0.717) is 22.9 Å². The molecular weight excluding hydrogens is 598 g/mol. The summed E-state index contributed by atoms with van der Waals surface area (Å²) in [5.41, 5.74) is 2.22. The number of nitrogens with zero attached hydrogens (tertiary/aromatic N) is 2. The summed E-state index contributed by atoms with van der Waals surface area (Å²) in [7, 11) is -2.11. The standard InChI is InChI=1S/C34H42ClN3O5S/c1-43-31-19-10-18-30(24-31)38(44(2,41)42)21-11-20-33(39)37(25-27-14-9-15-28(35)22-27)32(23-26-12-5-3-6-13-26)34(40)36-29-16-7-4-8-17-29/h3,5-6,9-10,12-15,18-19,22,24,29,32H,4,7-8,11,16-17,20-21,23,25H2,1-2H3,(H,36,40)/t32-/m0/s1. The summed E-state index contributed by atoms with van der Waals surface area (Å²) >= 11 is 6.30. The second-order valence-corrected chi connectivity index (χ2v) is 13.7. The lowest BCUT2D eigenvalue weighted by Crippen LogP contribution is -2.52. The first kappa shape index (κ1) is 33.3. The number of sulfonamides is 1. The van der Waals surface area contributed by atoms with E-state index in [9.17, 15) is 18.0 Å². The summed E-state index contributed by atoms with van der Waals surface area (Å²) in [5, 5.41) is 3.78. The Labute approximate surface area is 266 Å². The first-order chi connectivity index (χ1) is 21.1. The minimum absolute atomic E-state index is 0.0541. The van der Waals surface area contributed by atoms with Gasteiger partial charge < -0.3 is 15.0 Å². The lowest BCUT2D eigenvalue weighted by Gasteiger charge is -2.34. The molecule has 8 nitrogen and oxygen atoms in total. The summed E-state index contributed by atoms with van der Waals surface area (Å²) in [4.78, 5) is 29.6. The normalized spacial score (nSPS) is 14.4. The van der Waals surface area contributed by atoms with Crippen LogP contribution in [0, 0.1) is 0 Å². The average Bonchev–Trinajstić information content (AvgIpc) is 3.01. The first-order valence-electron chi connectivity index (χ1n) is 15.1. The van der Waals surface area contributed by atoms with Crippen LogP contribution < -0.4 is 14.4 Å². The fourth-order valence-corrected chi connectivity index (χ4v) is 6.87. The van der Waals surface area contributed by atoms with Crippen molar-refractivity contribution in [3.63, 3.8) is 0 Å². The molecule has 1 aliphatic rings. The van der Waals surface area contributed by atoms with Crippen molar-refractivity contribution in [2.24, 2.45) is 0 Å². The minimum Gasteiger partial charge on any atom is -0.497 e. The number of rotatable bonds is 14. The van der Waals surface area contributed by atoms with Crippen LogP contribution in [0.15, 0.2) is 78.9 Å². The number of hydrogen-bond acceptors (Lipinski definition) is 5. The number of anilines is 1. The molecule has 0 aliphatic heterocycles. The smallest absolute Gasteiger partial charge is 0.243 e. The summed E-state index contributed by atoms with van der Waals surface area (Å²) in [6, 6.07) is 23.1. The number of ether oxygens (including phenoxy) is 1. The number of hydrogen-bond donors (Lipinski definition) is 1. The van der Waals surface area contributed by atoms with Crippen LogP contribution in [-0.2, 0) is 32.6 Å². The van der Waals surface area contributed by atoms with E-state index >= 15 is 0 Å². The SMILES string of the molecule is COc1cccc(N(CCCC(=O)N(Cc2cccc(Cl)c2)[C@@H](Cc2ccccc2)C(=O)NC2CCCCC2)S(C)(=O)=O)c1. The number of halogens is 1. The maximum absolute atomic E-state index is 14.1. The Morgan fingerprint density at radius 3 is 2.34 bits per heavy atom. The molecule has 4 rings (SSSR count). The number of benzene rings is 3. The number of carbonyl (C=O) groups is 2. The minimum atomic E-state index is -3.63. The van der Waals surface area contributed by atoms with E-state index < -0.39 is 16.1 Å². The van der Waals surface area contributed by atoms with Crippen molar-refractivity contribution in [2.75, 3.05) is 24.2 Å². The van der Waals surface area contributed by atoms with Gasteiger partial charge in [0, 0.05) is 43.1 Å². The topological polar surface area (TPSA) is 96.0 Å². The number of amides is 2. The van der Waals surface area contributed by atoms with E-state index in [1.54, 1.807) is 41.3 Å². The van der Waals surface area contributed by atoms with Gasteiger partial charge in [-0.2, -0.15) is 0 Å². The maximum atomic E-state index is 14.1. The molecule has 0 bridgehead atoms.